The first kappa shape index (κ1) is 25.8. The van der Waals surface area contributed by atoms with E-state index in [9.17, 15) is 13.2 Å². The van der Waals surface area contributed by atoms with E-state index in [4.69, 9.17) is 11.6 Å². The van der Waals surface area contributed by atoms with Crippen LogP contribution in [0.2, 0.25) is 5.02 Å². The summed E-state index contributed by atoms with van der Waals surface area (Å²) >= 11 is 5.95. The van der Waals surface area contributed by atoms with Crippen molar-refractivity contribution >= 4 is 33.2 Å². The summed E-state index contributed by atoms with van der Waals surface area (Å²) in [5.74, 6) is -0.375. The lowest BCUT2D eigenvalue weighted by Crippen LogP contribution is -2.40. The summed E-state index contributed by atoms with van der Waals surface area (Å²) in [6.45, 7) is 8.05. The number of sulfonamides is 1. The average molecular weight is 499 g/mol. The zero-order valence-corrected chi connectivity index (χ0v) is 21.6. The van der Waals surface area contributed by atoms with Gasteiger partial charge in [0.15, 0.2) is 0 Å². The molecule has 0 aliphatic heterocycles. The Hall–Kier alpha value is -2.83. The van der Waals surface area contributed by atoms with Crippen molar-refractivity contribution in [3.05, 3.63) is 93.5 Å². The number of carbonyl (C=O) groups is 1. The van der Waals surface area contributed by atoms with Crippen molar-refractivity contribution in [2.45, 2.75) is 52.0 Å². The van der Waals surface area contributed by atoms with Crippen molar-refractivity contribution < 1.29 is 13.2 Å². The van der Waals surface area contributed by atoms with E-state index in [2.05, 4.69) is 37.4 Å². The molecule has 3 rings (SSSR count). The van der Waals surface area contributed by atoms with Crippen LogP contribution < -0.4 is 9.62 Å². The molecule has 0 unspecified atom stereocenters. The fourth-order valence-electron chi connectivity index (χ4n) is 3.72. The van der Waals surface area contributed by atoms with Crippen molar-refractivity contribution in [1.82, 2.24) is 5.32 Å². The van der Waals surface area contributed by atoms with E-state index >= 15 is 0 Å². The zero-order chi connectivity index (χ0) is 24.9. The Kier molecular flexibility index (Phi) is 8.39. The molecule has 0 aliphatic carbocycles. The first-order valence-corrected chi connectivity index (χ1v) is 13.2. The number of hydrogen-bond donors (Lipinski definition) is 1. The summed E-state index contributed by atoms with van der Waals surface area (Å²) in [4.78, 5) is 13.1. The number of carbonyl (C=O) groups excluding carboxylic acids is 1. The largest absolute Gasteiger partial charge is 0.350 e. The van der Waals surface area contributed by atoms with Gasteiger partial charge < -0.3 is 5.32 Å². The Labute approximate surface area is 207 Å². The maximum atomic E-state index is 13.5. The number of amides is 1. The van der Waals surface area contributed by atoms with Crippen LogP contribution in [0.25, 0.3) is 0 Å². The van der Waals surface area contributed by atoms with E-state index < -0.39 is 10.0 Å². The van der Waals surface area contributed by atoms with E-state index in [1.165, 1.54) is 29.8 Å². The van der Waals surface area contributed by atoms with Gasteiger partial charge in [0.2, 0.25) is 5.91 Å². The van der Waals surface area contributed by atoms with Crippen LogP contribution in [0.4, 0.5) is 5.69 Å². The lowest BCUT2D eigenvalue weighted by Gasteiger charge is -2.25. The molecular weight excluding hydrogens is 468 g/mol. The summed E-state index contributed by atoms with van der Waals surface area (Å²) in [5, 5.41) is 3.36. The van der Waals surface area contributed by atoms with Gasteiger partial charge in [-0.3, -0.25) is 9.10 Å². The summed E-state index contributed by atoms with van der Waals surface area (Å²) in [6.07, 6.45) is 1.76. The fourth-order valence-corrected chi connectivity index (χ4v) is 5.26. The van der Waals surface area contributed by atoms with Crippen molar-refractivity contribution in [1.29, 1.82) is 0 Å². The van der Waals surface area contributed by atoms with E-state index in [-0.39, 0.29) is 17.3 Å². The topological polar surface area (TPSA) is 66.5 Å². The van der Waals surface area contributed by atoms with Crippen LogP contribution in [0.1, 0.15) is 41.7 Å². The van der Waals surface area contributed by atoms with E-state index in [0.29, 0.717) is 17.3 Å². The molecule has 0 aliphatic rings. The molecular formula is C27H31ClN2O3S. The second kappa shape index (κ2) is 11.1. The Morgan fingerprint density at radius 3 is 2.21 bits per heavy atom. The Bertz CT molecular complexity index is 1270. The maximum Gasteiger partial charge on any atom is 0.264 e. The van der Waals surface area contributed by atoms with E-state index in [1.54, 1.807) is 12.1 Å². The van der Waals surface area contributed by atoms with Crippen molar-refractivity contribution in [3.63, 3.8) is 0 Å². The number of rotatable bonds is 9. The maximum absolute atomic E-state index is 13.5. The minimum absolute atomic E-state index is 0.0758. The van der Waals surface area contributed by atoms with Crippen LogP contribution in [-0.4, -0.2) is 20.9 Å². The lowest BCUT2D eigenvalue weighted by atomic mass is 10.0. The number of benzene rings is 3. The molecule has 0 heterocycles. The SMILES string of the molecule is CCc1ccc(CC)c(CNC(=O)CN(c2ccc(C)c(C)c2)S(=O)(=O)c2ccc(Cl)cc2)c1. The fraction of sp³-hybridized carbons (Fsp3) is 0.296. The zero-order valence-electron chi connectivity index (χ0n) is 20.1. The molecule has 0 aromatic heterocycles. The Morgan fingerprint density at radius 1 is 0.882 bits per heavy atom. The molecule has 5 nitrogen and oxygen atoms in total. The van der Waals surface area contributed by atoms with Gasteiger partial charge in [-0.25, -0.2) is 8.42 Å². The molecule has 0 fully saturated rings. The molecule has 34 heavy (non-hydrogen) atoms. The summed E-state index contributed by atoms with van der Waals surface area (Å²) in [7, 11) is -3.99. The summed E-state index contributed by atoms with van der Waals surface area (Å²) in [6, 6.07) is 17.6. The van der Waals surface area contributed by atoms with Crippen molar-refractivity contribution in [2.75, 3.05) is 10.8 Å². The number of anilines is 1. The van der Waals surface area contributed by atoms with Gasteiger partial charge in [0, 0.05) is 11.6 Å². The molecule has 1 N–H and O–H groups in total. The second-order valence-corrected chi connectivity index (χ2v) is 10.6. The molecule has 0 atom stereocenters. The molecule has 3 aromatic carbocycles. The third kappa shape index (κ3) is 5.99. The number of hydrogen-bond acceptors (Lipinski definition) is 3. The molecule has 3 aromatic rings. The highest BCUT2D eigenvalue weighted by atomic mass is 35.5. The van der Waals surface area contributed by atoms with Gasteiger partial charge >= 0.3 is 0 Å². The third-order valence-corrected chi connectivity index (χ3v) is 8.04. The monoisotopic (exact) mass is 498 g/mol. The molecule has 0 radical (unpaired) electrons. The molecule has 7 heteroatoms. The predicted molar refractivity (Wildman–Crippen MR) is 139 cm³/mol. The first-order valence-electron chi connectivity index (χ1n) is 11.4. The summed E-state index contributed by atoms with van der Waals surface area (Å²) < 4.78 is 28.2. The van der Waals surface area contributed by atoms with Gasteiger partial charge in [-0.1, -0.05) is 49.7 Å². The smallest absolute Gasteiger partial charge is 0.264 e. The van der Waals surface area contributed by atoms with Gasteiger partial charge in [-0.2, -0.15) is 0 Å². The summed E-state index contributed by atoms with van der Waals surface area (Å²) in [5.41, 5.74) is 5.84. The second-order valence-electron chi connectivity index (χ2n) is 8.32. The standard InChI is InChI=1S/C27H31ClN2O3S/c1-5-21-8-9-22(6-2)23(16-21)17-29-27(31)18-30(25-12-7-19(3)20(4)15-25)34(32,33)26-13-10-24(28)11-14-26/h7-16H,5-6,17-18H2,1-4H3,(H,29,31). The highest BCUT2D eigenvalue weighted by Gasteiger charge is 2.27. The first-order chi connectivity index (χ1) is 16.1. The quantitative estimate of drug-likeness (QED) is 0.418. The van der Waals surface area contributed by atoms with Crippen LogP contribution in [0.3, 0.4) is 0 Å². The van der Waals surface area contributed by atoms with Crippen LogP contribution >= 0.6 is 11.6 Å². The average Bonchev–Trinajstić information content (AvgIpc) is 2.83. The van der Waals surface area contributed by atoms with Gasteiger partial charge in [0.05, 0.1) is 10.6 Å². The normalized spacial score (nSPS) is 11.3. The molecule has 1 amide bonds. The third-order valence-electron chi connectivity index (χ3n) is 6.00. The predicted octanol–water partition coefficient (Wildman–Crippen LogP) is 5.59. The highest BCUT2D eigenvalue weighted by Crippen LogP contribution is 2.26. The Morgan fingerprint density at radius 2 is 1.59 bits per heavy atom. The molecule has 180 valence electrons. The Balaban J connectivity index is 1.89. The van der Waals surface area contributed by atoms with Crippen molar-refractivity contribution in [3.8, 4) is 0 Å². The van der Waals surface area contributed by atoms with Crippen molar-refractivity contribution in [2.24, 2.45) is 0 Å². The van der Waals surface area contributed by atoms with Crippen LogP contribution in [-0.2, 0) is 34.2 Å². The van der Waals surface area contributed by atoms with Gasteiger partial charge in [0.25, 0.3) is 10.0 Å². The molecule has 0 bridgehead atoms. The van der Waals surface area contributed by atoms with E-state index in [1.807, 2.05) is 19.9 Å². The number of halogens is 1. The number of nitrogens with one attached hydrogen (secondary N) is 1. The van der Waals surface area contributed by atoms with E-state index in [0.717, 1.165) is 39.4 Å². The minimum Gasteiger partial charge on any atom is -0.350 e. The molecule has 0 saturated heterocycles. The molecule has 0 spiro atoms. The van der Waals surface area contributed by atoms with Gasteiger partial charge in [-0.15, -0.1) is 0 Å². The minimum atomic E-state index is -3.99. The van der Waals surface area contributed by atoms with Crippen LogP contribution in [0.5, 0.6) is 0 Å². The number of aryl methyl sites for hydroxylation is 4. The van der Waals surface area contributed by atoms with Gasteiger partial charge in [0.1, 0.15) is 6.54 Å². The van der Waals surface area contributed by atoms with Crippen LogP contribution in [0.15, 0.2) is 65.6 Å². The van der Waals surface area contributed by atoms with Crippen LogP contribution in [0, 0.1) is 13.8 Å². The van der Waals surface area contributed by atoms with Gasteiger partial charge in [-0.05, 0) is 90.9 Å². The number of nitrogens with zero attached hydrogens (tertiary/aromatic N) is 1. The lowest BCUT2D eigenvalue weighted by molar-refractivity contribution is -0.119. The molecule has 0 saturated carbocycles. The highest BCUT2D eigenvalue weighted by molar-refractivity contribution is 7.92.